The maximum absolute atomic E-state index is 8.96. The lowest BCUT2D eigenvalue weighted by molar-refractivity contribution is 0.302. The predicted octanol–water partition coefficient (Wildman–Crippen LogP) is 1.45. The molecule has 1 rings (SSSR count). The van der Waals surface area contributed by atoms with E-state index in [1.165, 1.54) is 0 Å². The van der Waals surface area contributed by atoms with E-state index >= 15 is 0 Å². The minimum Gasteiger partial charge on any atom is -0.395 e. The molecule has 0 spiro atoms. The van der Waals surface area contributed by atoms with Crippen LogP contribution in [0.5, 0.6) is 0 Å². The fourth-order valence-corrected chi connectivity index (χ4v) is 1.94. The summed E-state index contributed by atoms with van der Waals surface area (Å²) in [6, 6.07) is 5.97. The van der Waals surface area contributed by atoms with Crippen molar-refractivity contribution in [3.8, 4) is 0 Å². The van der Waals surface area contributed by atoms with Gasteiger partial charge in [0, 0.05) is 24.3 Å². The van der Waals surface area contributed by atoms with E-state index in [1.807, 2.05) is 25.1 Å². The molecule has 0 amide bonds. The molecule has 0 aliphatic heterocycles. The van der Waals surface area contributed by atoms with Gasteiger partial charge < -0.3 is 15.7 Å². The van der Waals surface area contributed by atoms with Crippen LogP contribution in [-0.2, 0) is 0 Å². The van der Waals surface area contributed by atoms with Crippen molar-refractivity contribution in [3.63, 3.8) is 0 Å². The van der Waals surface area contributed by atoms with Gasteiger partial charge in [-0.3, -0.25) is 0 Å². The number of thiocarbonyl (C=S) groups is 1. The maximum atomic E-state index is 8.96. The molecule has 1 aromatic rings. The van der Waals surface area contributed by atoms with E-state index in [2.05, 4.69) is 11.8 Å². The first kappa shape index (κ1) is 12.9. The average Bonchev–Trinajstić information content (AvgIpc) is 2.25. The smallest absolute Gasteiger partial charge is 0.104 e. The molecule has 0 radical (unpaired) electrons. The zero-order valence-corrected chi connectivity index (χ0v) is 10.5. The molecular weight excluding hydrogens is 220 g/mol. The average molecular weight is 238 g/mol. The van der Waals surface area contributed by atoms with Crippen LogP contribution in [0.15, 0.2) is 18.2 Å². The van der Waals surface area contributed by atoms with Crippen LogP contribution in [0.3, 0.4) is 0 Å². The van der Waals surface area contributed by atoms with Gasteiger partial charge in [-0.05, 0) is 37.6 Å². The molecule has 0 aliphatic rings. The molecule has 0 atom stereocenters. The van der Waals surface area contributed by atoms with Crippen molar-refractivity contribution in [2.45, 2.75) is 13.8 Å². The Balaban J connectivity index is 2.99. The molecule has 3 N–H and O–H groups in total. The zero-order valence-electron chi connectivity index (χ0n) is 9.73. The van der Waals surface area contributed by atoms with Gasteiger partial charge >= 0.3 is 0 Å². The van der Waals surface area contributed by atoms with Crippen LogP contribution in [0.4, 0.5) is 5.69 Å². The number of anilines is 1. The minimum absolute atomic E-state index is 0.157. The lowest BCUT2D eigenvalue weighted by Crippen LogP contribution is -2.26. The maximum Gasteiger partial charge on any atom is 0.104 e. The highest BCUT2D eigenvalue weighted by Gasteiger charge is 2.07. The van der Waals surface area contributed by atoms with Gasteiger partial charge in [-0.1, -0.05) is 12.2 Å². The second kappa shape index (κ2) is 5.82. The van der Waals surface area contributed by atoms with Gasteiger partial charge in [0.1, 0.15) is 4.99 Å². The van der Waals surface area contributed by atoms with Crippen molar-refractivity contribution in [3.05, 3.63) is 29.3 Å². The molecule has 3 nitrogen and oxygen atoms in total. The Bertz CT molecular complexity index is 379. The molecule has 0 aromatic heterocycles. The van der Waals surface area contributed by atoms with Gasteiger partial charge in [-0.2, -0.15) is 0 Å². The van der Waals surface area contributed by atoms with E-state index in [-0.39, 0.29) is 6.61 Å². The van der Waals surface area contributed by atoms with Gasteiger partial charge in [0.2, 0.25) is 0 Å². The molecule has 0 bridgehead atoms. The highest BCUT2D eigenvalue weighted by atomic mass is 32.1. The second-order valence-corrected chi connectivity index (χ2v) is 4.11. The summed E-state index contributed by atoms with van der Waals surface area (Å²) >= 11 is 4.96. The molecular formula is C12H18N2OS. The Labute approximate surface area is 102 Å². The lowest BCUT2D eigenvalue weighted by atomic mass is 10.1. The number of aryl methyl sites for hydroxylation is 1. The fourth-order valence-electron chi connectivity index (χ4n) is 1.71. The first-order valence-corrected chi connectivity index (χ1v) is 5.77. The molecule has 1 aromatic carbocycles. The fraction of sp³-hybridized carbons (Fsp3) is 0.417. The van der Waals surface area contributed by atoms with Crippen molar-refractivity contribution in [1.82, 2.24) is 0 Å². The monoisotopic (exact) mass is 238 g/mol. The van der Waals surface area contributed by atoms with Crippen LogP contribution >= 0.6 is 12.2 Å². The summed E-state index contributed by atoms with van der Waals surface area (Å²) in [7, 11) is 0. The minimum atomic E-state index is 0.157. The molecule has 88 valence electrons. The number of aliphatic hydroxyl groups excluding tert-OH is 1. The predicted molar refractivity (Wildman–Crippen MR) is 72.0 cm³/mol. The number of hydrogen-bond acceptors (Lipinski definition) is 3. The zero-order chi connectivity index (χ0) is 12.1. The lowest BCUT2D eigenvalue weighted by Gasteiger charge is -2.23. The molecule has 0 heterocycles. The van der Waals surface area contributed by atoms with Crippen LogP contribution < -0.4 is 10.6 Å². The number of hydrogen-bond donors (Lipinski definition) is 2. The van der Waals surface area contributed by atoms with Crippen molar-refractivity contribution in [2.75, 3.05) is 24.6 Å². The van der Waals surface area contributed by atoms with Crippen molar-refractivity contribution in [2.24, 2.45) is 5.73 Å². The molecule has 16 heavy (non-hydrogen) atoms. The Morgan fingerprint density at radius 3 is 2.62 bits per heavy atom. The Hall–Kier alpha value is -1.13. The van der Waals surface area contributed by atoms with E-state index in [0.717, 1.165) is 23.4 Å². The van der Waals surface area contributed by atoms with Gasteiger partial charge in [0.05, 0.1) is 6.61 Å². The molecule has 0 saturated carbocycles. The first-order chi connectivity index (χ1) is 7.60. The number of rotatable bonds is 5. The van der Waals surface area contributed by atoms with E-state index < -0.39 is 0 Å². The summed E-state index contributed by atoms with van der Waals surface area (Å²) in [5, 5.41) is 8.96. The van der Waals surface area contributed by atoms with E-state index in [0.29, 0.717) is 11.5 Å². The summed E-state index contributed by atoms with van der Waals surface area (Å²) in [5.74, 6) is 0. The number of likely N-dealkylation sites (N-methyl/N-ethyl adjacent to an activating group) is 1. The molecule has 0 unspecified atom stereocenters. The normalized spacial score (nSPS) is 10.2. The van der Waals surface area contributed by atoms with E-state index in [9.17, 15) is 0 Å². The summed E-state index contributed by atoms with van der Waals surface area (Å²) in [4.78, 5) is 2.53. The van der Waals surface area contributed by atoms with Crippen LogP contribution in [0.25, 0.3) is 0 Å². The third-order valence-electron chi connectivity index (χ3n) is 2.59. The van der Waals surface area contributed by atoms with Gasteiger partial charge in [-0.15, -0.1) is 0 Å². The summed E-state index contributed by atoms with van der Waals surface area (Å²) in [5.41, 5.74) is 8.69. The molecule has 0 fully saturated rings. The first-order valence-electron chi connectivity index (χ1n) is 5.36. The van der Waals surface area contributed by atoms with Crippen molar-refractivity contribution >= 4 is 22.9 Å². The largest absolute Gasteiger partial charge is 0.395 e. The number of nitrogens with two attached hydrogens (primary N) is 1. The number of benzene rings is 1. The molecule has 0 aliphatic carbocycles. The van der Waals surface area contributed by atoms with Crippen LogP contribution in [0.1, 0.15) is 18.1 Å². The topological polar surface area (TPSA) is 49.5 Å². The quantitative estimate of drug-likeness (QED) is 0.762. The molecule has 4 heteroatoms. The molecule has 0 saturated heterocycles. The number of aliphatic hydroxyl groups is 1. The highest BCUT2D eigenvalue weighted by Crippen LogP contribution is 2.18. The Morgan fingerprint density at radius 1 is 1.50 bits per heavy atom. The Kier molecular flexibility index (Phi) is 4.71. The summed E-state index contributed by atoms with van der Waals surface area (Å²) in [6.07, 6.45) is 0. The van der Waals surface area contributed by atoms with Crippen LogP contribution in [0.2, 0.25) is 0 Å². The summed E-state index contributed by atoms with van der Waals surface area (Å²) < 4.78 is 0. The van der Waals surface area contributed by atoms with Gasteiger partial charge in [0.25, 0.3) is 0 Å². The third kappa shape index (κ3) is 2.93. The highest BCUT2D eigenvalue weighted by molar-refractivity contribution is 7.80. The number of nitrogens with zero attached hydrogens (tertiary/aromatic N) is 1. The SMILES string of the molecule is CCN(CCO)c1ccc(C(N)=S)c(C)c1. The van der Waals surface area contributed by atoms with Crippen molar-refractivity contribution < 1.29 is 5.11 Å². The van der Waals surface area contributed by atoms with Crippen LogP contribution in [-0.4, -0.2) is 29.8 Å². The standard InChI is InChI=1S/C12H18N2OS/c1-3-14(6-7-15)10-4-5-11(12(13)16)9(2)8-10/h4-5,8,15H,3,6-7H2,1-2H3,(H2,13,16). The third-order valence-corrected chi connectivity index (χ3v) is 2.81. The van der Waals surface area contributed by atoms with Gasteiger partial charge in [-0.25, -0.2) is 0 Å². The second-order valence-electron chi connectivity index (χ2n) is 3.67. The van der Waals surface area contributed by atoms with E-state index in [4.69, 9.17) is 23.1 Å². The van der Waals surface area contributed by atoms with Crippen molar-refractivity contribution in [1.29, 1.82) is 0 Å². The summed E-state index contributed by atoms with van der Waals surface area (Å²) in [6.45, 7) is 5.72. The van der Waals surface area contributed by atoms with Gasteiger partial charge in [0.15, 0.2) is 0 Å². The Morgan fingerprint density at radius 2 is 2.19 bits per heavy atom. The van der Waals surface area contributed by atoms with E-state index in [1.54, 1.807) is 0 Å². The van der Waals surface area contributed by atoms with Crippen LogP contribution in [0, 0.1) is 6.92 Å².